The first-order valence-electron chi connectivity index (χ1n) is 4.12. The molecule has 0 radical (unpaired) electrons. The average Bonchev–Trinajstić information content (AvgIpc) is 2.10. The minimum atomic E-state index is -0.606. The first-order valence-corrected chi connectivity index (χ1v) is 4.12. The first kappa shape index (κ1) is 10.3. The lowest BCUT2D eigenvalue weighted by Gasteiger charge is -2.07. The Morgan fingerprint density at radius 3 is 2.93 bits per heavy atom. The Morgan fingerprint density at radius 2 is 2.36 bits per heavy atom. The van der Waals surface area contributed by atoms with Gasteiger partial charge in [0.25, 0.3) is 0 Å². The van der Waals surface area contributed by atoms with Crippen LogP contribution >= 0.6 is 0 Å². The van der Waals surface area contributed by atoms with Gasteiger partial charge in [-0.25, -0.2) is 9.18 Å². The molecule has 0 atom stereocenters. The number of halogens is 1. The van der Waals surface area contributed by atoms with Gasteiger partial charge in [-0.1, -0.05) is 0 Å². The lowest BCUT2D eigenvalue weighted by atomic mass is 10.2. The molecule has 0 aliphatic rings. The highest BCUT2D eigenvalue weighted by molar-refractivity contribution is 5.88. The number of ether oxygens (including phenoxy) is 1. The van der Waals surface area contributed by atoms with Gasteiger partial charge in [-0.2, -0.15) is 0 Å². The van der Waals surface area contributed by atoms with Gasteiger partial charge >= 0.3 is 6.09 Å². The summed E-state index contributed by atoms with van der Waals surface area (Å²) in [5, 5.41) is 2.39. The summed E-state index contributed by atoms with van der Waals surface area (Å²) < 4.78 is 17.2. The van der Waals surface area contributed by atoms with E-state index in [-0.39, 0.29) is 12.3 Å². The van der Waals surface area contributed by atoms with E-state index in [1.807, 2.05) is 0 Å². The minimum Gasteiger partial charge on any atom is -0.450 e. The Hall–Kier alpha value is -1.78. The van der Waals surface area contributed by atoms with Crippen LogP contribution in [0.2, 0.25) is 0 Å². The molecule has 0 bridgehead atoms. The van der Waals surface area contributed by atoms with Gasteiger partial charge < -0.3 is 10.5 Å². The molecule has 14 heavy (non-hydrogen) atoms. The highest BCUT2D eigenvalue weighted by atomic mass is 19.1. The maximum absolute atomic E-state index is 12.6. The molecule has 0 saturated heterocycles. The molecular weight excluding hydrogens is 187 g/mol. The van der Waals surface area contributed by atoms with E-state index in [4.69, 9.17) is 5.73 Å². The second-order valence-corrected chi connectivity index (χ2v) is 2.58. The standard InChI is InChI=1S/C9H11FN2O2/c1-2-14-9(13)12-8-4-3-6(10)5-7(8)11/h3-5H,2,11H2,1H3,(H,12,13). The zero-order chi connectivity index (χ0) is 10.6. The maximum Gasteiger partial charge on any atom is 0.411 e. The Bertz CT molecular complexity index is 342. The predicted molar refractivity (Wildman–Crippen MR) is 51.5 cm³/mol. The van der Waals surface area contributed by atoms with Crippen molar-refractivity contribution >= 4 is 17.5 Å². The number of carbonyl (C=O) groups excluding carboxylic acids is 1. The fraction of sp³-hybridized carbons (Fsp3) is 0.222. The number of benzene rings is 1. The lowest BCUT2D eigenvalue weighted by Crippen LogP contribution is -2.14. The van der Waals surface area contributed by atoms with Crippen LogP contribution in [0.1, 0.15) is 6.92 Å². The number of nitrogens with one attached hydrogen (secondary N) is 1. The molecule has 0 fully saturated rings. The second kappa shape index (κ2) is 4.45. The third kappa shape index (κ3) is 2.62. The van der Waals surface area contributed by atoms with Crippen LogP contribution in [0.15, 0.2) is 18.2 Å². The van der Waals surface area contributed by atoms with Crippen molar-refractivity contribution in [2.24, 2.45) is 0 Å². The average molecular weight is 198 g/mol. The minimum absolute atomic E-state index is 0.165. The molecule has 1 amide bonds. The summed E-state index contributed by atoms with van der Waals surface area (Å²) in [5.41, 5.74) is 5.96. The molecule has 0 saturated carbocycles. The topological polar surface area (TPSA) is 64.3 Å². The molecular formula is C9H11FN2O2. The summed E-state index contributed by atoms with van der Waals surface area (Å²) >= 11 is 0. The molecule has 0 spiro atoms. The van der Waals surface area contributed by atoms with E-state index in [9.17, 15) is 9.18 Å². The number of carbonyl (C=O) groups is 1. The second-order valence-electron chi connectivity index (χ2n) is 2.58. The molecule has 5 heteroatoms. The van der Waals surface area contributed by atoms with Crippen LogP contribution in [0.25, 0.3) is 0 Å². The van der Waals surface area contributed by atoms with Crippen LogP contribution in [0.5, 0.6) is 0 Å². The van der Waals surface area contributed by atoms with Gasteiger partial charge in [-0.05, 0) is 25.1 Å². The van der Waals surface area contributed by atoms with Gasteiger partial charge in [0, 0.05) is 0 Å². The monoisotopic (exact) mass is 198 g/mol. The molecule has 0 aliphatic heterocycles. The fourth-order valence-corrected chi connectivity index (χ4v) is 0.925. The number of nitrogen functional groups attached to an aromatic ring is 1. The molecule has 0 unspecified atom stereocenters. The summed E-state index contributed by atoms with van der Waals surface area (Å²) in [4.78, 5) is 11.0. The fourth-order valence-electron chi connectivity index (χ4n) is 0.925. The molecule has 1 rings (SSSR count). The Morgan fingerprint density at radius 1 is 1.64 bits per heavy atom. The summed E-state index contributed by atoms with van der Waals surface area (Å²) in [5.74, 6) is -0.447. The maximum atomic E-state index is 12.6. The number of anilines is 2. The van der Waals surface area contributed by atoms with Gasteiger partial charge in [0.2, 0.25) is 0 Å². The lowest BCUT2D eigenvalue weighted by molar-refractivity contribution is 0.168. The Balaban J connectivity index is 2.72. The number of amides is 1. The summed E-state index contributed by atoms with van der Waals surface area (Å²) in [7, 11) is 0. The largest absolute Gasteiger partial charge is 0.450 e. The number of hydrogen-bond donors (Lipinski definition) is 2. The summed E-state index contributed by atoms with van der Waals surface area (Å²) in [6, 6.07) is 3.71. The SMILES string of the molecule is CCOC(=O)Nc1ccc(F)cc1N. The van der Waals surface area contributed by atoms with Gasteiger partial charge in [-0.3, -0.25) is 5.32 Å². The van der Waals surface area contributed by atoms with Crippen molar-refractivity contribution in [3.63, 3.8) is 0 Å². The Labute approximate surface area is 80.9 Å². The molecule has 76 valence electrons. The molecule has 1 aromatic rings. The van der Waals surface area contributed by atoms with E-state index in [2.05, 4.69) is 10.1 Å². The number of nitrogens with two attached hydrogens (primary N) is 1. The molecule has 3 N–H and O–H groups in total. The van der Waals surface area contributed by atoms with Crippen molar-refractivity contribution in [3.05, 3.63) is 24.0 Å². The molecule has 0 heterocycles. The van der Waals surface area contributed by atoms with Crippen molar-refractivity contribution in [3.8, 4) is 0 Å². The van der Waals surface area contributed by atoms with Gasteiger partial charge in [0.05, 0.1) is 18.0 Å². The van der Waals surface area contributed by atoms with Crippen LogP contribution in [-0.2, 0) is 4.74 Å². The van der Waals surface area contributed by atoms with Crippen molar-refractivity contribution in [1.29, 1.82) is 0 Å². The normalized spacial score (nSPS) is 9.57. The first-order chi connectivity index (χ1) is 6.63. The quantitative estimate of drug-likeness (QED) is 0.714. The molecule has 0 aliphatic carbocycles. The van der Waals surface area contributed by atoms with Crippen molar-refractivity contribution in [2.75, 3.05) is 17.7 Å². The zero-order valence-electron chi connectivity index (χ0n) is 7.71. The van der Waals surface area contributed by atoms with Crippen molar-refractivity contribution in [1.82, 2.24) is 0 Å². The van der Waals surface area contributed by atoms with Gasteiger partial charge in [-0.15, -0.1) is 0 Å². The zero-order valence-corrected chi connectivity index (χ0v) is 7.71. The van der Waals surface area contributed by atoms with Gasteiger partial charge in [0.1, 0.15) is 5.82 Å². The summed E-state index contributed by atoms with van der Waals surface area (Å²) in [6.07, 6.45) is -0.606. The van der Waals surface area contributed by atoms with E-state index in [0.29, 0.717) is 5.69 Å². The highest BCUT2D eigenvalue weighted by Gasteiger charge is 2.05. The van der Waals surface area contributed by atoms with Crippen LogP contribution in [0.3, 0.4) is 0 Å². The predicted octanol–water partition coefficient (Wildman–Crippen LogP) is 1.98. The van der Waals surface area contributed by atoms with E-state index < -0.39 is 11.9 Å². The van der Waals surface area contributed by atoms with Crippen LogP contribution in [0.4, 0.5) is 20.6 Å². The highest BCUT2D eigenvalue weighted by Crippen LogP contribution is 2.18. The molecule has 0 aromatic heterocycles. The van der Waals surface area contributed by atoms with E-state index in [1.54, 1.807) is 6.92 Å². The third-order valence-corrected chi connectivity index (χ3v) is 1.53. The van der Waals surface area contributed by atoms with E-state index >= 15 is 0 Å². The third-order valence-electron chi connectivity index (χ3n) is 1.53. The van der Waals surface area contributed by atoms with E-state index in [0.717, 1.165) is 6.07 Å². The van der Waals surface area contributed by atoms with Crippen molar-refractivity contribution in [2.45, 2.75) is 6.92 Å². The summed E-state index contributed by atoms with van der Waals surface area (Å²) in [6.45, 7) is 1.96. The van der Waals surface area contributed by atoms with Gasteiger partial charge in [0.15, 0.2) is 0 Å². The molecule has 4 nitrogen and oxygen atoms in total. The smallest absolute Gasteiger partial charge is 0.411 e. The van der Waals surface area contributed by atoms with E-state index in [1.165, 1.54) is 12.1 Å². The Kier molecular flexibility index (Phi) is 3.28. The molecule has 1 aromatic carbocycles. The number of hydrogen-bond acceptors (Lipinski definition) is 3. The number of rotatable bonds is 2. The van der Waals surface area contributed by atoms with Crippen LogP contribution < -0.4 is 11.1 Å². The van der Waals surface area contributed by atoms with Crippen molar-refractivity contribution < 1.29 is 13.9 Å². The van der Waals surface area contributed by atoms with Crippen LogP contribution in [0, 0.1) is 5.82 Å². The van der Waals surface area contributed by atoms with Crippen LogP contribution in [-0.4, -0.2) is 12.7 Å².